The van der Waals surface area contributed by atoms with Crippen molar-refractivity contribution >= 4 is 0 Å². The average Bonchev–Trinajstić information content (AvgIpc) is 2.40. The van der Waals surface area contributed by atoms with Gasteiger partial charge in [0, 0.05) is 7.11 Å². The molecule has 0 heterocycles. The summed E-state index contributed by atoms with van der Waals surface area (Å²) in [4.78, 5) is 0. The topological polar surface area (TPSA) is 29.5 Å². The normalized spacial score (nSPS) is 24.2. The standard InChI is InChI=1S/C16H24O2/c1-12-3-6-14(7-4-12)16-8-5-13(10-17)9-15(16)11-18-2/h5,8-9,12,14,17H,3-4,6-7,10-11H2,1-2H3. The number of ether oxygens (including phenoxy) is 1. The second kappa shape index (κ2) is 6.35. The van der Waals surface area contributed by atoms with Crippen LogP contribution < -0.4 is 0 Å². The maximum atomic E-state index is 9.23. The van der Waals surface area contributed by atoms with E-state index in [0.717, 1.165) is 11.5 Å². The van der Waals surface area contributed by atoms with E-state index in [1.165, 1.54) is 36.8 Å². The Hall–Kier alpha value is -0.860. The highest BCUT2D eigenvalue weighted by Gasteiger charge is 2.21. The molecular weight excluding hydrogens is 224 g/mol. The van der Waals surface area contributed by atoms with Crippen molar-refractivity contribution in [3.05, 3.63) is 34.9 Å². The molecule has 100 valence electrons. The molecule has 2 nitrogen and oxygen atoms in total. The van der Waals surface area contributed by atoms with Crippen molar-refractivity contribution in [2.45, 2.75) is 51.7 Å². The van der Waals surface area contributed by atoms with Crippen LogP contribution in [0.5, 0.6) is 0 Å². The Balaban J connectivity index is 2.20. The molecule has 18 heavy (non-hydrogen) atoms. The molecule has 0 unspecified atom stereocenters. The first-order chi connectivity index (χ1) is 8.74. The fourth-order valence-electron chi connectivity index (χ4n) is 3.01. The first-order valence-corrected chi connectivity index (χ1v) is 6.96. The number of hydrogen-bond donors (Lipinski definition) is 1. The fraction of sp³-hybridized carbons (Fsp3) is 0.625. The average molecular weight is 248 g/mol. The Morgan fingerprint density at radius 1 is 1.22 bits per heavy atom. The van der Waals surface area contributed by atoms with Crippen LogP contribution in [0, 0.1) is 5.92 Å². The summed E-state index contributed by atoms with van der Waals surface area (Å²) in [6, 6.07) is 6.34. The van der Waals surface area contributed by atoms with E-state index in [1.54, 1.807) is 7.11 Å². The molecule has 0 saturated heterocycles. The molecule has 0 atom stereocenters. The summed E-state index contributed by atoms with van der Waals surface area (Å²) in [5.74, 6) is 1.56. The van der Waals surface area contributed by atoms with E-state index in [1.807, 2.05) is 6.07 Å². The molecule has 0 bridgehead atoms. The van der Waals surface area contributed by atoms with Crippen LogP contribution in [-0.2, 0) is 18.0 Å². The van der Waals surface area contributed by atoms with Crippen molar-refractivity contribution in [1.82, 2.24) is 0 Å². The minimum Gasteiger partial charge on any atom is -0.392 e. The molecule has 0 radical (unpaired) electrons. The summed E-state index contributed by atoms with van der Waals surface area (Å²) in [5.41, 5.74) is 3.67. The highest BCUT2D eigenvalue weighted by atomic mass is 16.5. The lowest BCUT2D eigenvalue weighted by atomic mass is 9.78. The monoisotopic (exact) mass is 248 g/mol. The molecule has 2 heteroatoms. The maximum Gasteiger partial charge on any atom is 0.0715 e. The molecule has 1 aliphatic rings. The lowest BCUT2D eigenvalue weighted by Crippen LogP contribution is -2.13. The zero-order valence-corrected chi connectivity index (χ0v) is 11.5. The van der Waals surface area contributed by atoms with Gasteiger partial charge in [-0.05, 0) is 41.4 Å². The van der Waals surface area contributed by atoms with Gasteiger partial charge in [0.25, 0.3) is 0 Å². The third-order valence-electron chi connectivity index (χ3n) is 4.15. The molecule has 0 spiro atoms. The van der Waals surface area contributed by atoms with Gasteiger partial charge in [0.2, 0.25) is 0 Å². The second-order valence-electron chi connectivity index (χ2n) is 5.58. The predicted molar refractivity (Wildman–Crippen MR) is 73.5 cm³/mol. The summed E-state index contributed by atoms with van der Waals surface area (Å²) >= 11 is 0. The van der Waals surface area contributed by atoms with Crippen molar-refractivity contribution in [3.8, 4) is 0 Å². The summed E-state index contributed by atoms with van der Waals surface area (Å²) in [6.45, 7) is 3.11. The van der Waals surface area contributed by atoms with E-state index in [0.29, 0.717) is 12.5 Å². The minimum atomic E-state index is 0.110. The lowest BCUT2D eigenvalue weighted by molar-refractivity contribution is 0.182. The Labute approximate surface area is 110 Å². The van der Waals surface area contributed by atoms with Gasteiger partial charge in [-0.2, -0.15) is 0 Å². The van der Waals surface area contributed by atoms with E-state index in [2.05, 4.69) is 19.1 Å². The third kappa shape index (κ3) is 3.12. The number of aliphatic hydroxyl groups excluding tert-OH is 1. The van der Waals surface area contributed by atoms with Crippen molar-refractivity contribution in [1.29, 1.82) is 0 Å². The zero-order chi connectivity index (χ0) is 13.0. The molecule has 1 aromatic rings. The van der Waals surface area contributed by atoms with Crippen molar-refractivity contribution in [3.63, 3.8) is 0 Å². The summed E-state index contributed by atoms with van der Waals surface area (Å²) < 4.78 is 5.30. The number of rotatable bonds is 4. The van der Waals surface area contributed by atoms with Gasteiger partial charge in [-0.3, -0.25) is 0 Å². The molecule has 1 aliphatic carbocycles. The molecule has 0 aromatic heterocycles. The zero-order valence-electron chi connectivity index (χ0n) is 11.5. The molecule has 1 N–H and O–H groups in total. The molecule has 0 aliphatic heterocycles. The van der Waals surface area contributed by atoms with Gasteiger partial charge < -0.3 is 9.84 Å². The van der Waals surface area contributed by atoms with Crippen LogP contribution >= 0.6 is 0 Å². The molecule has 0 amide bonds. The van der Waals surface area contributed by atoms with Crippen LogP contribution in [0.4, 0.5) is 0 Å². The number of benzene rings is 1. The van der Waals surface area contributed by atoms with Gasteiger partial charge in [0.15, 0.2) is 0 Å². The summed E-state index contributed by atoms with van der Waals surface area (Å²) in [7, 11) is 1.73. The smallest absolute Gasteiger partial charge is 0.0715 e. The fourth-order valence-corrected chi connectivity index (χ4v) is 3.01. The van der Waals surface area contributed by atoms with Crippen molar-refractivity contribution in [2.24, 2.45) is 5.92 Å². The number of aliphatic hydroxyl groups is 1. The lowest BCUT2D eigenvalue weighted by Gasteiger charge is -2.28. The van der Waals surface area contributed by atoms with Crippen LogP contribution in [0.3, 0.4) is 0 Å². The predicted octanol–water partition coefficient (Wildman–Crippen LogP) is 3.62. The largest absolute Gasteiger partial charge is 0.392 e. The highest BCUT2D eigenvalue weighted by molar-refractivity contribution is 5.34. The number of hydrogen-bond acceptors (Lipinski definition) is 2. The van der Waals surface area contributed by atoms with Crippen LogP contribution in [0.15, 0.2) is 18.2 Å². The highest BCUT2D eigenvalue weighted by Crippen LogP contribution is 2.37. The van der Waals surface area contributed by atoms with Crippen LogP contribution in [0.1, 0.15) is 55.2 Å². The SMILES string of the molecule is COCc1cc(CO)ccc1C1CCC(C)CC1. The Morgan fingerprint density at radius 2 is 1.94 bits per heavy atom. The molecular formula is C16H24O2. The van der Waals surface area contributed by atoms with Gasteiger partial charge in [-0.15, -0.1) is 0 Å². The van der Waals surface area contributed by atoms with E-state index < -0.39 is 0 Å². The Kier molecular flexibility index (Phi) is 4.79. The molecule has 1 saturated carbocycles. The first kappa shape index (κ1) is 13.6. The summed E-state index contributed by atoms with van der Waals surface area (Å²) in [6.07, 6.45) is 5.24. The summed E-state index contributed by atoms with van der Waals surface area (Å²) in [5, 5.41) is 9.23. The second-order valence-corrected chi connectivity index (χ2v) is 5.58. The van der Waals surface area contributed by atoms with E-state index in [4.69, 9.17) is 4.74 Å². The Morgan fingerprint density at radius 3 is 2.56 bits per heavy atom. The molecule has 1 fully saturated rings. The van der Waals surface area contributed by atoms with Crippen LogP contribution in [0.25, 0.3) is 0 Å². The van der Waals surface area contributed by atoms with Gasteiger partial charge in [-0.1, -0.05) is 38.0 Å². The van der Waals surface area contributed by atoms with Crippen molar-refractivity contribution < 1.29 is 9.84 Å². The quantitative estimate of drug-likeness (QED) is 0.882. The van der Waals surface area contributed by atoms with Crippen LogP contribution in [-0.4, -0.2) is 12.2 Å². The van der Waals surface area contributed by atoms with Crippen molar-refractivity contribution in [2.75, 3.05) is 7.11 Å². The molecule has 2 rings (SSSR count). The Bertz CT molecular complexity index is 379. The first-order valence-electron chi connectivity index (χ1n) is 6.96. The third-order valence-corrected chi connectivity index (χ3v) is 4.15. The number of methoxy groups -OCH3 is 1. The van der Waals surface area contributed by atoms with Gasteiger partial charge in [0.1, 0.15) is 0 Å². The van der Waals surface area contributed by atoms with Gasteiger partial charge >= 0.3 is 0 Å². The van der Waals surface area contributed by atoms with Gasteiger partial charge in [0.05, 0.1) is 13.2 Å². The molecule has 1 aromatic carbocycles. The van der Waals surface area contributed by atoms with E-state index in [-0.39, 0.29) is 6.61 Å². The van der Waals surface area contributed by atoms with E-state index in [9.17, 15) is 5.11 Å². The minimum absolute atomic E-state index is 0.110. The van der Waals surface area contributed by atoms with Crippen LogP contribution in [0.2, 0.25) is 0 Å². The van der Waals surface area contributed by atoms with Gasteiger partial charge in [-0.25, -0.2) is 0 Å². The maximum absolute atomic E-state index is 9.23. The van der Waals surface area contributed by atoms with E-state index >= 15 is 0 Å².